The number of likely N-dealkylation sites (N-methyl/N-ethyl adjacent to an activating group) is 1. The highest BCUT2D eigenvalue weighted by atomic mass is 19.1. The number of halogens is 1. The quantitative estimate of drug-likeness (QED) is 0.845. The second kappa shape index (κ2) is 5.92. The van der Waals surface area contributed by atoms with Crippen molar-refractivity contribution < 1.29 is 14.3 Å². The SMILES string of the molecule is CN1C=C2C(=C(c3ccc(C(=O)O)cc3)C1)NN=C1C=Cc3cc(F)cc2c31. The maximum Gasteiger partial charge on any atom is 0.335 e. The number of carboxylic acids is 1. The van der Waals surface area contributed by atoms with Gasteiger partial charge in [0, 0.05) is 36.5 Å². The van der Waals surface area contributed by atoms with Crippen molar-refractivity contribution in [2.45, 2.75) is 0 Å². The number of nitrogens with zero attached hydrogens (tertiary/aromatic N) is 2. The van der Waals surface area contributed by atoms with Gasteiger partial charge in [-0.05, 0) is 47.0 Å². The molecule has 3 aliphatic rings. The average molecular weight is 373 g/mol. The molecule has 0 aromatic heterocycles. The summed E-state index contributed by atoms with van der Waals surface area (Å²) in [4.78, 5) is 13.2. The van der Waals surface area contributed by atoms with Gasteiger partial charge in [0.15, 0.2) is 0 Å². The number of carbonyl (C=O) groups is 1. The molecule has 2 heterocycles. The number of rotatable bonds is 2. The first kappa shape index (κ1) is 16.5. The summed E-state index contributed by atoms with van der Waals surface area (Å²) in [6, 6.07) is 9.83. The second-order valence-electron chi connectivity index (χ2n) is 7.05. The highest BCUT2D eigenvalue weighted by molar-refractivity contribution is 6.20. The smallest absolute Gasteiger partial charge is 0.335 e. The normalized spacial score (nSPS) is 16.7. The Morgan fingerprint density at radius 1 is 1.21 bits per heavy atom. The Labute approximate surface area is 160 Å². The van der Waals surface area contributed by atoms with Gasteiger partial charge in [0.05, 0.1) is 17.0 Å². The van der Waals surface area contributed by atoms with E-state index in [0.717, 1.165) is 44.8 Å². The number of aromatic carboxylic acids is 1. The van der Waals surface area contributed by atoms with Gasteiger partial charge in [0.1, 0.15) is 5.82 Å². The summed E-state index contributed by atoms with van der Waals surface area (Å²) in [7, 11) is 1.96. The van der Waals surface area contributed by atoms with Crippen LogP contribution in [0.1, 0.15) is 32.6 Å². The van der Waals surface area contributed by atoms with Crippen molar-refractivity contribution in [3.8, 4) is 0 Å². The Balaban J connectivity index is 1.72. The molecule has 0 spiro atoms. The van der Waals surface area contributed by atoms with E-state index in [0.29, 0.717) is 6.54 Å². The molecule has 2 aromatic carbocycles. The van der Waals surface area contributed by atoms with Crippen LogP contribution >= 0.6 is 0 Å². The second-order valence-corrected chi connectivity index (χ2v) is 7.05. The van der Waals surface area contributed by atoms with E-state index in [-0.39, 0.29) is 11.4 Å². The molecule has 28 heavy (non-hydrogen) atoms. The van der Waals surface area contributed by atoms with Crippen molar-refractivity contribution >= 4 is 28.9 Å². The first-order chi connectivity index (χ1) is 13.5. The molecule has 1 aliphatic carbocycles. The van der Waals surface area contributed by atoms with E-state index in [1.54, 1.807) is 30.3 Å². The van der Waals surface area contributed by atoms with Gasteiger partial charge >= 0.3 is 5.97 Å². The lowest BCUT2D eigenvalue weighted by molar-refractivity contribution is 0.0697. The van der Waals surface area contributed by atoms with E-state index in [2.05, 4.69) is 10.5 Å². The van der Waals surface area contributed by atoms with Crippen LogP contribution in [0.25, 0.3) is 17.2 Å². The third kappa shape index (κ3) is 2.45. The van der Waals surface area contributed by atoms with E-state index in [4.69, 9.17) is 5.11 Å². The summed E-state index contributed by atoms with van der Waals surface area (Å²) in [6.07, 6.45) is 5.74. The maximum atomic E-state index is 14.3. The van der Waals surface area contributed by atoms with Gasteiger partial charge in [-0.1, -0.05) is 18.2 Å². The van der Waals surface area contributed by atoms with E-state index < -0.39 is 5.97 Å². The first-order valence-corrected chi connectivity index (χ1v) is 8.86. The molecule has 0 atom stereocenters. The van der Waals surface area contributed by atoms with Crippen molar-refractivity contribution in [3.63, 3.8) is 0 Å². The molecule has 0 fully saturated rings. The molecule has 0 unspecified atom stereocenters. The molecular formula is C22H16FN3O2. The van der Waals surface area contributed by atoms with Gasteiger partial charge in [-0.15, -0.1) is 0 Å². The molecular weight excluding hydrogens is 357 g/mol. The predicted octanol–water partition coefficient (Wildman–Crippen LogP) is 3.56. The molecule has 138 valence electrons. The minimum Gasteiger partial charge on any atom is -0.478 e. The van der Waals surface area contributed by atoms with Crippen molar-refractivity contribution in [1.82, 2.24) is 10.3 Å². The van der Waals surface area contributed by atoms with Crippen LogP contribution < -0.4 is 5.43 Å². The summed E-state index contributed by atoms with van der Waals surface area (Å²) in [5.74, 6) is -1.25. The van der Waals surface area contributed by atoms with Gasteiger partial charge in [-0.2, -0.15) is 5.10 Å². The number of hydrogen-bond donors (Lipinski definition) is 2. The number of carboxylic acid groups (broad SMARTS) is 1. The standard InChI is InChI=1S/C22H16FN3O2/c1-26-10-17(12-2-4-13(5-3-12)22(27)28)21-18(11-26)16-9-15(23)8-14-6-7-19(20(14)16)24-25-21/h2-9,11,25H,10H2,1H3,(H,27,28). The minimum atomic E-state index is -0.960. The molecule has 0 amide bonds. The molecule has 0 saturated carbocycles. The third-order valence-electron chi connectivity index (χ3n) is 5.20. The number of fused-ring (bicyclic) bond motifs is 2. The first-order valence-electron chi connectivity index (χ1n) is 8.86. The summed E-state index contributed by atoms with van der Waals surface area (Å²) in [5.41, 5.74) is 10.3. The highest BCUT2D eigenvalue weighted by Crippen LogP contribution is 2.39. The van der Waals surface area contributed by atoms with E-state index in [1.165, 1.54) is 6.07 Å². The number of benzene rings is 2. The highest BCUT2D eigenvalue weighted by Gasteiger charge is 2.29. The van der Waals surface area contributed by atoms with Gasteiger partial charge in [0.2, 0.25) is 0 Å². The lowest BCUT2D eigenvalue weighted by Gasteiger charge is -2.28. The molecule has 0 saturated heterocycles. The molecule has 6 heteroatoms. The molecule has 2 N–H and O–H groups in total. The third-order valence-corrected chi connectivity index (χ3v) is 5.20. The monoisotopic (exact) mass is 373 g/mol. The molecule has 5 nitrogen and oxygen atoms in total. The van der Waals surface area contributed by atoms with Gasteiger partial charge in [-0.3, -0.25) is 5.43 Å². The molecule has 5 rings (SSSR count). The Morgan fingerprint density at radius 3 is 2.75 bits per heavy atom. The van der Waals surface area contributed by atoms with Crippen LogP contribution in [0.5, 0.6) is 0 Å². The summed E-state index contributed by atoms with van der Waals surface area (Å²) < 4.78 is 14.3. The van der Waals surface area contributed by atoms with Crippen molar-refractivity contribution in [2.24, 2.45) is 5.10 Å². The summed E-state index contributed by atoms with van der Waals surface area (Å²) in [5, 5.41) is 13.7. The van der Waals surface area contributed by atoms with Crippen molar-refractivity contribution in [2.75, 3.05) is 13.6 Å². The number of hydrogen-bond acceptors (Lipinski definition) is 4. The van der Waals surface area contributed by atoms with E-state index >= 15 is 0 Å². The van der Waals surface area contributed by atoms with E-state index in [9.17, 15) is 9.18 Å². The fourth-order valence-corrected chi connectivity index (χ4v) is 3.92. The predicted molar refractivity (Wildman–Crippen MR) is 106 cm³/mol. The topological polar surface area (TPSA) is 64.9 Å². The summed E-state index contributed by atoms with van der Waals surface area (Å²) in [6.45, 7) is 0.621. The molecule has 2 aliphatic heterocycles. The van der Waals surface area contributed by atoms with Crippen LogP contribution in [0, 0.1) is 5.82 Å². The summed E-state index contributed by atoms with van der Waals surface area (Å²) >= 11 is 0. The Morgan fingerprint density at radius 2 is 2.00 bits per heavy atom. The minimum absolute atomic E-state index is 0.236. The fraction of sp³-hybridized carbons (Fsp3) is 0.0909. The van der Waals surface area contributed by atoms with Crippen molar-refractivity contribution in [1.29, 1.82) is 0 Å². The molecule has 0 bridgehead atoms. The lowest BCUT2D eigenvalue weighted by atomic mass is 9.89. The lowest BCUT2D eigenvalue weighted by Crippen LogP contribution is -2.24. The van der Waals surface area contributed by atoms with Gasteiger partial charge < -0.3 is 10.0 Å². The van der Waals surface area contributed by atoms with Crippen LogP contribution in [-0.4, -0.2) is 35.3 Å². The van der Waals surface area contributed by atoms with Crippen molar-refractivity contribution in [3.05, 3.63) is 88.0 Å². The molecule has 0 radical (unpaired) electrons. The van der Waals surface area contributed by atoms with Crippen LogP contribution in [0.3, 0.4) is 0 Å². The van der Waals surface area contributed by atoms with E-state index in [1.807, 2.05) is 30.3 Å². The number of allylic oxidation sites excluding steroid dienone is 2. The van der Waals surface area contributed by atoms with Crippen LogP contribution in [-0.2, 0) is 0 Å². The zero-order valence-electron chi connectivity index (χ0n) is 15.0. The zero-order chi connectivity index (χ0) is 19.4. The van der Waals surface area contributed by atoms with Gasteiger partial charge in [-0.25, -0.2) is 9.18 Å². The zero-order valence-corrected chi connectivity index (χ0v) is 15.0. The maximum absolute atomic E-state index is 14.3. The molecule has 2 aromatic rings. The van der Waals surface area contributed by atoms with Gasteiger partial charge in [0.25, 0.3) is 0 Å². The average Bonchev–Trinajstić information content (AvgIpc) is 3.01. The Kier molecular flexibility index (Phi) is 3.49. The number of hydrazone groups is 1. The Hall–Kier alpha value is -3.67. The van der Waals surface area contributed by atoms with Crippen LogP contribution in [0.2, 0.25) is 0 Å². The largest absolute Gasteiger partial charge is 0.478 e. The fourth-order valence-electron chi connectivity index (χ4n) is 3.92. The van der Waals surface area contributed by atoms with Crippen LogP contribution in [0.4, 0.5) is 4.39 Å². The number of nitrogens with one attached hydrogen (secondary N) is 1. The Bertz CT molecular complexity index is 1160. The van der Waals surface area contributed by atoms with Crippen LogP contribution in [0.15, 0.2) is 59.5 Å².